The summed E-state index contributed by atoms with van der Waals surface area (Å²) in [5.74, 6) is 0. The summed E-state index contributed by atoms with van der Waals surface area (Å²) in [4.78, 5) is 9.31. The Morgan fingerprint density at radius 2 is 2.24 bits per heavy atom. The maximum Gasteiger partial charge on any atom is 0.185 e. The van der Waals surface area contributed by atoms with Crippen molar-refractivity contribution in [3.63, 3.8) is 0 Å². The van der Waals surface area contributed by atoms with E-state index < -0.39 is 0 Å². The maximum atomic E-state index is 5.82. The molecule has 1 fully saturated rings. The Hall–Kier alpha value is -0.650. The van der Waals surface area contributed by atoms with Crippen molar-refractivity contribution in [3.8, 4) is 0 Å². The Morgan fingerprint density at radius 3 is 2.82 bits per heavy atom. The molecule has 1 atom stereocenters. The zero-order valence-electron chi connectivity index (χ0n) is 10.7. The number of likely N-dealkylation sites (tertiary alicyclic amines) is 1. The van der Waals surface area contributed by atoms with Crippen LogP contribution in [0.3, 0.4) is 0 Å². The zero-order valence-corrected chi connectivity index (χ0v) is 11.5. The Kier molecular flexibility index (Phi) is 4.36. The third kappa shape index (κ3) is 3.40. The largest absolute Gasteiger partial charge is 0.350 e. The zero-order chi connectivity index (χ0) is 12.3. The lowest BCUT2D eigenvalue weighted by atomic mass is 10.3. The van der Waals surface area contributed by atoms with Gasteiger partial charge in [-0.05, 0) is 32.9 Å². The van der Waals surface area contributed by atoms with Crippen molar-refractivity contribution in [2.75, 3.05) is 38.1 Å². The molecule has 1 aromatic heterocycles. The lowest BCUT2D eigenvalue weighted by molar-refractivity contribution is 0.346. The van der Waals surface area contributed by atoms with Crippen molar-refractivity contribution in [2.45, 2.75) is 25.8 Å². The van der Waals surface area contributed by atoms with Gasteiger partial charge in [-0.25, -0.2) is 4.98 Å². The fourth-order valence-electron chi connectivity index (χ4n) is 2.05. The molecule has 96 valence electrons. The Bertz CT molecular complexity index is 344. The van der Waals surface area contributed by atoms with Crippen LogP contribution in [0.4, 0.5) is 5.13 Å². The fourth-order valence-corrected chi connectivity index (χ4v) is 2.98. The molecule has 0 aromatic carbocycles. The summed E-state index contributed by atoms with van der Waals surface area (Å²) in [7, 11) is 2.11. The predicted molar refractivity (Wildman–Crippen MR) is 73.7 cm³/mol. The normalized spacial score (nSPS) is 18.5. The number of thiazole rings is 1. The topological polar surface area (TPSA) is 45.4 Å². The third-order valence-corrected chi connectivity index (χ3v) is 4.23. The molecular formula is C12H22N4S. The van der Waals surface area contributed by atoms with Gasteiger partial charge in [0, 0.05) is 31.6 Å². The molecule has 2 heterocycles. The van der Waals surface area contributed by atoms with Gasteiger partial charge in [-0.1, -0.05) is 0 Å². The van der Waals surface area contributed by atoms with Gasteiger partial charge in [-0.3, -0.25) is 0 Å². The third-order valence-electron chi connectivity index (χ3n) is 3.25. The van der Waals surface area contributed by atoms with Crippen LogP contribution in [0.25, 0.3) is 0 Å². The van der Waals surface area contributed by atoms with Crippen LogP contribution < -0.4 is 10.6 Å². The minimum atomic E-state index is 0.0342. The summed E-state index contributed by atoms with van der Waals surface area (Å²) >= 11 is 1.68. The van der Waals surface area contributed by atoms with Gasteiger partial charge >= 0.3 is 0 Å². The highest BCUT2D eigenvalue weighted by Gasteiger charge is 2.13. The number of likely N-dealkylation sites (N-methyl/N-ethyl adjacent to an activating group) is 1. The minimum absolute atomic E-state index is 0.0342. The fraction of sp³-hybridized carbons (Fsp3) is 0.750. The quantitative estimate of drug-likeness (QED) is 0.868. The second-order valence-electron chi connectivity index (χ2n) is 4.81. The van der Waals surface area contributed by atoms with Gasteiger partial charge in [0.2, 0.25) is 0 Å². The number of aromatic nitrogens is 1. The van der Waals surface area contributed by atoms with Crippen LogP contribution in [0.15, 0.2) is 5.38 Å². The van der Waals surface area contributed by atoms with Crippen molar-refractivity contribution >= 4 is 16.5 Å². The first-order valence-electron chi connectivity index (χ1n) is 6.31. The molecule has 0 radical (unpaired) electrons. The van der Waals surface area contributed by atoms with Crippen molar-refractivity contribution < 1.29 is 0 Å². The Balaban J connectivity index is 1.83. The van der Waals surface area contributed by atoms with E-state index in [0.29, 0.717) is 0 Å². The first-order chi connectivity index (χ1) is 8.16. The number of hydrogen-bond donors (Lipinski definition) is 1. The molecule has 0 spiro atoms. The van der Waals surface area contributed by atoms with E-state index in [1.807, 2.05) is 6.92 Å². The molecule has 0 amide bonds. The van der Waals surface area contributed by atoms with Crippen molar-refractivity contribution in [1.82, 2.24) is 9.88 Å². The van der Waals surface area contributed by atoms with Crippen molar-refractivity contribution in [3.05, 3.63) is 11.1 Å². The predicted octanol–water partition coefficient (Wildman–Crippen LogP) is 1.69. The van der Waals surface area contributed by atoms with Gasteiger partial charge in [0.15, 0.2) is 5.13 Å². The summed E-state index contributed by atoms with van der Waals surface area (Å²) in [5.41, 5.74) is 6.82. The second-order valence-corrected chi connectivity index (χ2v) is 5.65. The van der Waals surface area contributed by atoms with Crippen LogP contribution in [-0.2, 0) is 0 Å². The molecule has 1 aromatic rings. The van der Waals surface area contributed by atoms with Gasteiger partial charge in [0.25, 0.3) is 0 Å². The van der Waals surface area contributed by atoms with Crippen molar-refractivity contribution in [2.24, 2.45) is 5.73 Å². The molecule has 1 unspecified atom stereocenters. The number of rotatable bonds is 5. The summed E-state index contributed by atoms with van der Waals surface area (Å²) in [5, 5.41) is 3.14. The summed E-state index contributed by atoms with van der Waals surface area (Å²) in [6.45, 7) is 6.69. The van der Waals surface area contributed by atoms with Gasteiger partial charge in [-0.15, -0.1) is 11.3 Å². The minimum Gasteiger partial charge on any atom is -0.350 e. The molecule has 5 heteroatoms. The average molecular weight is 254 g/mol. The van der Waals surface area contributed by atoms with Crippen LogP contribution in [0.1, 0.15) is 31.5 Å². The van der Waals surface area contributed by atoms with E-state index in [9.17, 15) is 0 Å². The van der Waals surface area contributed by atoms with Crippen molar-refractivity contribution in [1.29, 1.82) is 0 Å². The highest BCUT2D eigenvalue weighted by Crippen LogP contribution is 2.22. The molecule has 1 saturated heterocycles. The highest BCUT2D eigenvalue weighted by atomic mass is 32.1. The van der Waals surface area contributed by atoms with Crippen LogP contribution in [-0.4, -0.2) is 43.1 Å². The van der Waals surface area contributed by atoms with E-state index in [4.69, 9.17) is 5.73 Å². The van der Waals surface area contributed by atoms with Crippen LogP contribution in [0, 0.1) is 0 Å². The van der Waals surface area contributed by atoms with Gasteiger partial charge in [0.1, 0.15) is 0 Å². The van der Waals surface area contributed by atoms with Crippen LogP contribution in [0.2, 0.25) is 0 Å². The standard InChI is InChI=1S/C12H22N4S/c1-10(13)11-9-17-12(14-11)15(2)7-8-16-5-3-4-6-16/h9-10H,3-8,13H2,1-2H3. The average Bonchev–Trinajstić information content (AvgIpc) is 2.96. The number of nitrogens with zero attached hydrogens (tertiary/aromatic N) is 3. The molecule has 0 aliphatic carbocycles. The Labute approximate surface area is 107 Å². The molecule has 2 rings (SSSR count). The number of nitrogens with two attached hydrogens (primary N) is 1. The monoisotopic (exact) mass is 254 g/mol. The summed E-state index contributed by atoms with van der Waals surface area (Å²) in [6, 6.07) is 0.0342. The smallest absolute Gasteiger partial charge is 0.185 e. The first-order valence-corrected chi connectivity index (χ1v) is 7.19. The van der Waals surface area contributed by atoms with E-state index >= 15 is 0 Å². The molecule has 2 N–H and O–H groups in total. The van der Waals surface area contributed by atoms with Crippen LogP contribution in [0.5, 0.6) is 0 Å². The van der Waals surface area contributed by atoms with E-state index in [1.54, 1.807) is 11.3 Å². The van der Waals surface area contributed by atoms with Gasteiger partial charge < -0.3 is 15.5 Å². The van der Waals surface area contributed by atoms with Crippen LogP contribution >= 0.6 is 11.3 Å². The first kappa shape index (κ1) is 12.8. The molecule has 17 heavy (non-hydrogen) atoms. The lowest BCUT2D eigenvalue weighted by Crippen LogP contribution is -2.31. The summed E-state index contributed by atoms with van der Waals surface area (Å²) < 4.78 is 0. The lowest BCUT2D eigenvalue weighted by Gasteiger charge is -2.20. The number of anilines is 1. The summed E-state index contributed by atoms with van der Waals surface area (Å²) in [6.07, 6.45) is 2.71. The van der Waals surface area contributed by atoms with E-state index in [0.717, 1.165) is 23.9 Å². The SMILES string of the molecule is CC(N)c1csc(N(C)CCN2CCCC2)n1. The highest BCUT2D eigenvalue weighted by molar-refractivity contribution is 7.13. The number of hydrogen-bond acceptors (Lipinski definition) is 5. The molecular weight excluding hydrogens is 232 g/mol. The molecule has 0 saturated carbocycles. The van der Waals surface area contributed by atoms with E-state index in [2.05, 4.69) is 27.2 Å². The molecule has 1 aliphatic heterocycles. The van der Waals surface area contributed by atoms with Gasteiger partial charge in [-0.2, -0.15) is 0 Å². The Morgan fingerprint density at radius 1 is 1.53 bits per heavy atom. The maximum absolute atomic E-state index is 5.82. The molecule has 0 bridgehead atoms. The molecule has 1 aliphatic rings. The van der Waals surface area contributed by atoms with E-state index in [-0.39, 0.29) is 6.04 Å². The second kappa shape index (κ2) is 5.80. The molecule has 4 nitrogen and oxygen atoms in total. The van der Waals surface area contributed by atoms with E-state index in [1.165, 1.54) is 25.9 Å². The van der Waals surface area contributed by atoms with Gasteiger partial charge in [0.05, 0.1) is 5.69 Å².